The highest BCUT2D eigenvalue weighted by atomic mass is 32.2. The van der Waals surface area contributed by atoms with Crippen LogP contribution in [0, 0.1) is 5.41 Å². The number of esters is 2. The largest absolute Gasteiger partial charge is 0.468 e. The van der Waals surface area contributed by atoms with E-state index in [9.17, 15) is 9.59 Å². The molecule has 0 unspecified atom stereocenters. The first-order valence-corrected chi connectivity index (χ1v) is 11.2. The van der Waals surface area contributed by atoms with E-state index in [1.54, 1.807) is 11.8 Å². The minimum atomic E-state index is -0.818. The molecule has 0 aromatic heterocycles. The van der Waals surface area contributed by atoms with Gasteiger partial charge >= 0.3 is 11.9 Å². The molecule has 0 aliphatic carbocycles. The topological polar surface area (TPSA) is 68.2 Å². The van der Waals surface area contributed by atoms with Gasteiger partial charge in [0.15, 0.2) is 10.2 Å². The van der Waals surface area contributed by atoms with E-state index in [-0.39, 0.29) is 5.41 Å². The number of ether oxygens (including phenoxy) is 2. The van der Waals surface area contributed by atoms with Crippen LogP contribution in [0.2, 0.25) is 0 Å². The summed E-state index contributed by atoms with van der Waals surface area (Å²) in [5, 5.41) is 0.263. The van der Waals surface area contributed by atoms with Gasteiger partial charge in [0, 0.05) is 11.1 Å². The van der Waals surface area contributed by atoms with Gasteiger partial charge in [-0.2, -0.15) is 0 Å². The first-order chi connectivity index (χ1) is 13.5. The lowest BCUT2D eigenvalue weighted by molar-refractivity contribution is -0.147. The molecule has 0 amide bonds. The maximum atomic E-state index is 12.9. The van der Waals surface area contributed by atoms with E-state index in [1.807, 2.05) is 35.2 Å². The number of para-hydroxylation sites is 1. The van der Waals surface area contributed by atoms with Crippen LogP contribution in [-0.2, 0) is 19.1 Å². The van der Waals surface area contributed by atoms with Crippen LogP contribution in [0.1, 0.15) is 34.6 Å². The quantitative estimate of drug-likeness (QED) is 0.665. The van der Waals surface area contributed by atoms with E-state index in [0.29, 0.717) is 0 Å². The SMILES string of the molecule is COC(=O)[C@@H]1S[C@]2(SC(C(C)(C)C)=NC2(C)C)N(c2ccccc2)[C@H]1C(=O)OC. The van der Waals surface area contributed by atoms with Crippen molar-refractivity contribution < 1.29 is 19.1 Å². The zero-order chi connectivity index (χ0) is 21.6. The maximum Gasteiger partial charge on any atom is 0.330 e. The van der Waals surface area contributed by atoms with Crippen LogP contribution in [0.15, 0.2) is 35.3 Å². The number of carbonyl (C=O) groups excluding carboxylic acids is 2. The second-order valence-corrected chi connectivity index (χ2v) is 11.4. The average Bonchev–Trinajstić information content (AvgIpc) is 3.16. The molecule has 3 atom stereocenters. The molecule has 2 heterocycles. The predicted molar refractivity (Wildman–Crippen MR) is 119 cm³/mol. The molecule has 158 valence electrons. The first-order valence-electron chi connectivity index (χ1n) is 9.46. The number of anilines is 1. The van der Waals surface area contributed by atoms with Gasteiger partial charge in [-0.1, -0.05) is 50.7 Å². The summed E-state index contributed by atoms with van der Waals surface area (Å²) in [6, 6.07) is 8.85. The maximum absolute atomic E-state index is 12.9. The van der Waals surface area contributed by atoms with Gasteiger partial charge < -0.3 is 14.4 Å². The number of nitrogens with zero attached hydrogens (tertiary/aromatic N) is 2. The normalized spacial score (nSPS) is 28.4. The number of thioether (sulfide) groups is 2. The number of hydrogen-bond donors (Lipinski definition) is 0. The number of aliphatic imine (C=N–C) groups is 1. The summed E-state index contributed by atoms with van der Waals surface area (Å²) in [5.74, 6) is -0.905. The molecule has 0 N–H and O–H groups in total. The molecule has 3 rings (SSSR count). The fourth-order valence-corrected chi connectivity index (χ4v) is 7.37. The Morgan fingerprint density at radius 3 is 2.14 bits per heavy atom. The lowest BCUT2D eigenvalue weighted by Crippen LogP contribution is -2.57. The summed E-state index contributed by atoms with van der Waals surface area (Å²) in [6.07, 6.45) is 0. The Labute approximate surface area is 180 Å². The lowest BCUT2D eigenvalue weighted by Gasteiger charge is -2.44. The Balaban J connectivity index is 2.22. The highest BCUT2D eigenvalue weighted by Crippen LogP contribution is 2.64. The van der Waals surface area contributed by atoms with Crippen molar-refractivity contribution in [3.05, 3.63) is 30.3 Å². The van der Waals surface area contributed by atoms with Crippen LogP contribution >= 0.6 is 23.5 Å². The third kappa shape index (κ3) is 3.54. The number of rotatable bonds is 3. The van der Waals surface area contributed by atoms with Crippen LogP contribution in [0.25, 0.3) is 0 Å². The second kappa shape index (κ2) is 7.54. The Morgan fingerprint density at radius 2 is 1.66 bits per heavy atom. The standard InChI is InChI=1S/C21H28N2O4S2/c1-19(2,3)18-22-20(4,5)21(29-18)23(13-11-9-8-10-12-13)14(16(24)26-6)15(28-21)17(25)27-7/h8-12,14-15H,1-7H3/t14-,15-,21-/m1/s1. The van der Waals surface area contributed by atoms with Crippen molar-refractivity contribution in [2.45, 2.75) is 55.7 Å². The van der Waals surface area contributed by atoms with Crippen LogP contribution in [-0.4, -0.2) is 52.2 Å². The summed E-state index contributed by atoms with van der Waals surface area (Å²) in [6.45, 7) is 10.5. The molecule has 8 heteroatoms. The number of benzene rings is 1. The molecule has 29 heavy (non-hydrogen) atoms. The third-order valence-corrected chi connectivity index (χ3v) is 9.24. The van der Waals surface area contributed by atoms with E-state index in [4.69, 9.17) is 14.5 Å². The zero-order valence-corrected chi connectivity index (χ0v) is 19.5. The molecule has 1 fully saturated rings. The Morgan fingerprint density at radius 1 is 1.07 bits per heavy atom. The van der Waals surface area contributed by atoms with Gasteiger partial charge in [-0.25, -0.2) is 4.79 Å². The Hall–Kier alpha value is -1.67. The number of hydrogen-bond acceptors (Lipinski definition) is 8. The van der Waals surface area contributed by atoms with Crippen LogP contribution in [0.3, 0.4) is 0 Å². The van der Waals surface area contributed by atoms with E-state index in [2.05, 4.69) is 34.6 Å². The van der Waals surface area contributed by atoms with E-state index >= 15 is 0 Å². The molecule has 6 nitrogen and oxygen atoms in total. The van der Waals surface area contributed by atoms with Crippen molar-refractivity contribution in [3.63, 3.8) is 0 Å². The first kappa shape index (κ1) is 22.0. The summed E-state index contributed by atoms with van der Waals surface area (Å²) < 4.78 is 9.50. The van der Waals surface area contributed by atoms with Gasteiger partial charge in [-0.15, -0.1) is 11.8 Å². The highest BCUT2D eigenvalue weighted by molar-refractivity contribution is 8.27. The molecular weight excluding hydrogens is 408 g/mol. The van der Waals surface area contributed by atoms with E-state index in [1.165, 1.54) is 26.0 Å². The average molecular weight is 437 g/mol. The van der Waals surface area contributed by atoms with Gasteiger partial charge in [0.05, 0.1) is 24.8 Å². The number of methoxy groups -OCH3 is 2. The molecule has 1 aromatic rings. The second-order valence-electron chi connectivity index (χ2n) is 8.65. The molecule has 1 aromatic carbocycles. The lowest BCUT2D eigenvalue weighted by atomic mass is 9.97. The van der Waals surface area contributed by atoms with Crippen molar-refractivity contribution in [2.24, 2.45) is 10.4 Å². The van der Waals surface area contributed by atoms with Gasteiger partial charge in [0.1, 0.15) is 5.25 Å². The highest BCUT2D eigenvalue weighted by Gasteiger charge is 2.68. The van der Waals surface area contributed by atoms with E-state index in [0.717, 1.165) is 10.7 Å². The van der Waals surface area contributed by atoms with Crippen molar-refractivity contribution in [2.75, 3.05) is 19.1 Å². The molecule has 1 spiro atoms. The monoisotopic (exact) mass is 436 g/mol. The van der Waals surface area contributed by atoms with Crippen molar-refractivity contribution in [1.29, 1.82) is 0 Å². The minimum Gasteiger partial charge on any atom is -0.468 e. The summed E-state index contributed by atoms with van der Waals surface area (Å²) in [7, 11) is 2.69. The molecule has 2 aliphatic rings. The Kier molecular flexibility index (Phi) is 5.73. The molecule has 2 aliphatic heterocycles. The molecular formula is C21H28N2O4S2. The molecule has 0 bridgehead atoms. The van der Waals surface area contributed by atoms with Gasteiger partial charge in [-0.3, -0.25) is 9.79 Å². The summed E-state index contributed by atoms with van der Waals surface area (Å²) in [5.41, 5.74) is 0.113. The van der Waals surface area contributed by atoms with Crippen molar-refractivity contribution in [3.8, 4) is 0 Å². The fraction of sp³-hybridized carbons (Fsp3) is 0.571. The molecule has 0 saturated carbocycles. The fourth-order valence-electron chi connectivity index (χ4n) is 3.61. The molecule has 1 saturated heterocycles. The van der Waals surface area contributed by atoms with Crippen LogP contribution in [0.4, 0.5) is 5.69 Å². The zero-order valence-electron chi connectivity index (χ0n) is 17.9. The molecule has 0 radical (unpaired) electrons. The number of carbonyl (C=O) groups is 2. The Bertz CT molecular complexity index is 835. The van der Waals surface area contributed by atoms with Gasteiger partial charge in [0.25, 0.3) is 0 Å². The van der Waals surface area contributed by atoms with Gasteiger partial charge in [0.2, 0.25) is 0 Å². The van der Waals surface area contributed by atoms with Crippen LogP contribution < -0.4 is 4.90 Å². The predicted octanol–water partition coefficient (Wildman–Crippen LogP) is 3.95. The minimum absolute atomic E-state index is 0.154. The van der Waals surface area contributed by atoms with Crippen molar-refractivity contribution >= 4 is 46.2 Å². The summed E-state index contributed by atoms with van der Waals surface area (Å²) in [4.78, 5) is 32.7. The summed E-state index contributed by atoms with van der Waals surface area (Å²) >= 11 is 3.06. The van der Waals surface area contributed by atoms with E-state index < -0.39 is 33.0 Å². The van der Waals surface area contributed by atoms with Gasteiger partial charge in [-0.05, 0) is 26.0 Å². The van der Waals surface area contributed by atoms with Crippen molar-refractivity contribution in [1.82, 2.24) is 0 Å². The van der Waals surface area contributed by atoms with Crippen LogP contribution in [0.5, 0.6) is 0 Å². The third-order valence-electron chi connectivity index (χ3n) is 5.11. The smallest absolute Gasteiger partial charge is 0.330 e.